The molecule has 0 spiro atoms. The molecule has 132 valence electrons. The number of ether oxygens (including phenoxy) is 1. The zero-order chi connectivity index (χ0) is 17.5. The summed E-state index contributed by atoms with van der Waals surface area (Å²) in [5.74, 6) is 0.189. The Balaban J connectivity index is 1.84. The van der Waals surface area contributed by atoms with E-state index in [1.165, 1.54) is 5.56 Å². The Kier molecular flexibility index (Phi) is 6.85. The number of hydrogen-bond donors (Lipinski definition) is 0. The molecular weight excluding hydrogens is 300 g/mol. The zero-order valence-electron chi connectivity index (χ0n) is 15.2. The number of aryl methyl sites for hydroxylation is 1. The summed E-state index contributed by atoms with van der Waals surface area (Å²) in [4.78, 5) is 16.8. The summed E-state index contributed by atoms with van der Waals surface area (Å²) >= 11 is 0. The van der Waals surface area contributed by atoms with Crippen molar-refractivity contribution in [3.8, 4) is 0 Å². The van der Waals surface area contributed by atoms with Crippen LogP contribution < -0.4 is 0 Å². The SMILES string of the molecule is C=C(OCC)C(=O)N1CCN(CCCc2ccccc2)C(C)C1C. The van der Waals surface area contributed by atoms with E-state index in [-0.39, 0.29) is 17.7 Å². The fourth-order valence-electron chi connectivity index (χ4n) is 3.34. The number of carbonyl (C=O) groups is 1. The molecule has 0 bridgehead atoms. The Morgan fingerprint density at radius 1 is 1.21 bits per heavy atom. The lowest BCUT2D eigenvalue weighted by Gasteiger charge is -2.45. The first-order valence-electron chi connectivity index (χ1n) is 8.95. The molecule has 2 rings (SSSR count). The molecule has 2 unspecified atom stereocenters. The molecule has 0 aromatic heterocycles. The molecule has 0 radical (unpaired) electrons. The summed E-state index contributed by atoms with van der Waals surface area (Å²) in [7, 11) is 0. The van der Waals surface area contributed by atoms with Crippen LogP contribution in [0.4, 0.5) is 0 Å². The molecular formula is C20H30N2O2. The van der Waals surface area contributed by atoms with E-state index in [2.05, 4.69) is 55.7 Å². The molecule has 1 amide bonds. The van der Waals surface area contributed by atoms with E-state index in [4.69, 9.17) is 4.74 Å². The summed E-state index contributed by atoms with van der Waals surface area (Å²) in [5.41, 5.74) is 1.39. The van der Waals surface area contributed by atoms with E-state index in [1.807, 2.05) is 11.8 Å². The van der Waals surface area contributed by atoms with Crippen LogP contribution in [0.2, 0.25) is 0 Å². The van der Waals surface area contributed by atoms with Gasteiger partial charge in [-0.05, 0) is 45.7 Å². The minimum atomic E-state index is -0.0693. The van der Waals surface area contributed by atoms with Crippen LogP contribution in [0.25, 0.3) is 0 Å². The van der Waals surface area contributed by atoms with E-state index >= 15 is 0 Å². The van der Waals surface area contributed by atoms with Crippen LogP contribution in [0, 0.1) is 0 Å². The summed E-state index contributed by atoms with van der Waals surface area (Å²) in [6.07, 6.45) is 2.24. The highest BCUT2D eigenvalue weighted by atomic mass is 16.5. The van der Waals surface area contributed by atoms with Crippen molar-refractivity contribution in [3.05, 3.63) is 48.2 Å². The first-order chi connectivity index (χ1) is 11.5. The lowest BCUT2D eigenvalue weighted by atomic mass is 10.0. The van der Waals surface area contributed by atoms with Gasteiger partial charge >= 0.3 is 0 Å². The summed E-state index contributed by atoms with van der Waals surface area (Å²) in [6.45, 7) is 13.1. The van der Waals surface area contributed by atoms with Gasteiger partial charge in [0.25, 0.3) is 5.91 Å². The monoisotopic (exact) mass is 330 g/mol. The predicted molar refractivity (Wildman–Crippen MR) is 97.7 cm³/mol. The van der Waals surface area contributed by atoms with Gasteiger partial charge in [0.05, 0.1) is 6.61 Å². The maximum absolute atomic E-state index is 12.4. The van der Waals surface area contributed by atoms with Crippen molar-refractivity contribution in [1.82, 2.24) is 9.80 Å². The largest absolute Gasteiger partial charge is 0.489 e. The van der Waals surface area contributed by atoms with Gasteiger partial charge in [-0.2, -0.15) is 0 Å². The molecule has 1 aromatic rings. The third-order valence-corrected chi connectivity index (χ3v) is 4.97. The molecule has 1 aliphatic heterocycles. The van der Waals surface area contributed by atoms with Gasteiger partial charge in [-0.25, -0.2) is 0 Å². The minimum Gasteiger partial charge on any atom is -0.489 e. The van der Waals surface area contributed by atoms with Crippen LogP contribution in [0.3, 0.4) is 0 Å². The van der Waals surface area contributed by atoms with Crippen molar-refractivity contribution < 1.29 is 9.53 Å². The maximum Gasteiger partial charge on any atom is 0.288 e. The highest BCUT2D eigenvalue weighted by Crippen LogP contribution is 2.19. The number of benzene rings is 1. The average Bonchev–Trinajstić information content (AvgIpc) is 2.59. The molecule has 4 heteroatoms. The predicted octanol–water partition coefficient (Wildman–Crippen LogP) is 3.09. The van der Waals surface area contributed by atoms with E-state index in [0.717, 1.165) is 32.5 Å². The standard InChI is InChI=1S/C20H30N2O2/c1-5-24-18(4)20(23)22-15-14-21(16(2)17(22)3)13-9-12-19-10-7-6-8-11-19/h6-8,10-11,16-17H,4-5,9,12-15H2,1-3H3. The van der Waals surface area contributed by atoms with Crippen LogP contribution >= 0.6 is 0 Å². The van der Waals surface area contributed by atoms with E-state index in [1.54, 1.807) is 0 Å². The lowest BCUT2D eigenvalue weighted by molar-refractivity contribution is -0.137. The van der Waals surface area contributed by atoms with Crippen LogP contribution in [-0.2, 0) is 16.0 Å². The maximum atomic E-state index is 12.4. The highest BCUT2D eigenvalue weighted by Gasteiger charge is 2.34. The van der Waals surface area contributed by atoms with Gasteiger partial charge < -0.3 is 9.64 Å². The average molecular weight is 330 g/mol. The number of nitrogens with zero attached hydrogens (tertiary/aromatic N) is 2. The minimum absolute atomic E-state index is 0.0693. The Labute approximate surface area is 146 Å². The van der Waals surface area contributed by atoms with E-state index in [0.29, 0.717) is 12.6 Å². The van der Waals surface area contributed by atoms with Crippen molar-refractivity contribution in [2.75, 3.05) is 26.2 Å². The molecule has 1 aliphatic rings. The van der Waals surface area contributed by atoms with Gasteiger partial charge in [-0.1, -0.05) is 36.9 Å². The van der Waals surface area contributed by atoms with Gasteiger partial charge in [0.15, 0.2) is 5.76 Å². The van der Waals surface area contributed by atoms with Crippen LogP contribution in [0.5, 0.6) is 0 Å². The third kappa shape index (κ3) is 4.60. The zero-order valence-corrected chi connectivity index (χ0v) is 15.2. The molecule has 4 nitrogen and oxygen atoms in total. The highest BCUT2D eigenvalue weighted by molar-refractivity contribution is 5.91. The van der Waals surface area contributed by atoms with Gasteiger partial charge in [-0.15, -0.1) is 0 Å². The molecule has 24 heavy (non-hydrogen) atoms. The number of piperazine rings is 1. The smallest absolute Gasteiger partial charge is 0.288 e. The second-order valence-corrected chi connectivity index (χ2v) is 6.46. The van der Waals surface area contributed by atoms with Gasteiger partial charge in [0.2, 0.25) is 0 Å². The van der Waals surface area contributed by atoms with E-state index < -0.39 is 0 Å². The first kappa shape index (κ1) is 18.5. The molecule has 2 atom stereocenters. The molecule has 1 fully saturated rings. The summed E-state index contributed by atoms with van der Waals surface area (Å²) < 4.78 is 5.28. The van der Waals surface area contributed by atoms with Crippen LogP contribution in [-0.4, -0.2) is 54.0 Å². The number of amides is 1. The van der Waals surface area contributed by atoms with Crippen molar-refractivity contribution in [1.29, 1.82) is 0 Å². The fraction of sp³-hybridized carbons (Fsp3) is 0.550. The third-order valence-electron chi connectivity index (χ3n) is 4.97. The Morgan fingerprint density at radius 2 is 1.92 bits per heavy atom. The van der Waals surface area contributed by atoms with Crippen molar-refractivity contribution in [2.24, 2.45) is 0 Å². The fourth-order valence-corrected chi connectivity index (χ4v) is 3.34. The second kappa shape index (κ2) is 8.88. The molecule has 0 N–H and O–H groups in total. The molecule has 1 saturated heterocycles. The van der Waals surface area contributed by atoms with Crippen LogP contribution in [0.15, 0.2) is 42.7 Å². The number of hydrogen-bond acceptors (Lipinski definition) is 3. The van der Waals surface area contributed by atoms with Crippen molar-refractivity contribution >= 4 is 5.91 Å². The first-order valence-corrected chi connectivity index (χ1v) is 8.95. The second-order valence-electron chi connectivity index (χ2n) is 6.46. The molecule has 1 aromatic carbocycles. The Morgan fingerprint density at radius 3 is 2.58 bits per heavy atom. The topological polar surface area (TPSA) is 32.8 Å². The summed E-state index contributed by atoms with van der Waals surface area (Å²) in [6, 6.07) is 11.1. The number of carbonyl (C=O) groups excluding carboxylic acids is 1. The molecule has 0 saturated carbocycles. The molecule has 0 aliphatic carbocycles. The van der Waals surface area contributed by atoms with Gasteiger partial charge in [0.1, 0.15) is 0 Å². The van der Waals surface area contributed by atoms with Crippen molar-refractivity contribution in [2.45, 2.75) is 45.7 Å². The van der Waals surface area contributed by atoms with Crippen molar-refractivity contribution in [3.63, 3.8) is 0 Å². The Bertz CT molecular complexity index is 544. The van der Waals surface area contributed by atoms with E-state index in [9.17, 15) is 4.79 Å². The summed E-state index contributed by atoms with van der Waals surface area (Å²) in [5, 5.41) is 0. The van der Waals surface area contributed by atoms with Gasteiger partial charge in [0, 0.05) is 25.2 Å². The quantitative estimate of drug-likeness (QED) is 0.569. The van der Waals surface area contributed by atoms with Crippen LogP contribution in [0.1, 0.15) is 32.8 Å². The lowest BCUT2D eigenvalue weighted by Crippen LogP contribution is -2.59. The Hall–Kier alpha value is -1.81. The normalized spacial score (nSPS) is 21.5. The van der Waals surface area contributed by atoms with Gasteiger partial charge in [-0.3, -0.25) is 9.69 Å². The molecule has 1 heterocycles. The number of rotatable bonds is 7.